The summed E-state index contributed by atoms with van der Waals surface area (Å²) in [6, 6.07) is 7.95. The van der Waals surface area contributed by atoms with Gasteiger partial charge in [0.15, 0.2) is 5.82 Å². The van der Waals surface area contributed by atoms with E-state index in [1.807, 2.05) is 55.6 Å². The van der Waals surface area contributed by atoms with Crippen molar-refractivity contribution in [1.29, 1.82) is 0 Å². The van der Waals surface area contributed by atoms with Gasteiger partial charge < -0.3 is 15.0 Å². The molecule has 0 amide bonds. The first-order valence-electron chi connectivity index (χ1n) is 7.01. The molecule has 0 spiro atoms. The Morgan fingerprint density at radius 1 is 1.29 bits per heavy atom. The summed E-state index contributed by atoms with van der Waals surface area (Å²) in [5.41, 5.74) is 8.65. The molecule has 1 aromatic carbocycles. The van der Waals surface area contributed by atoms with Crippen LogP contribution in [0.15, 0.2) is 24.3 Å². The Morgan fingerprint density at radius 2 is 2.10 bits per heavy atom. The molecule has 5 heteroatoms. The van der Waals surface area contributed by atoms with Crippen LogP contribution in [-0.4, -0.2) is 21.1 Å². The fourth-order valence-electron chi connectivity index (χ4n) is 2.47. The monoisotopic (exact) mass is 282 g/mol. The lowest BCUT2D eigenvalue weighted by atomic mass is 10.2. The van der Waals surface area contributed by atoms with Crippen LogP contribution in [0.2, 0.25) is 0 Å². The minimum atomic E-state index is 0.448. The fraction of sp³-hybridized carbons (Fsp3) is 0.250. The number of nitrogen functional groups attached to an aromatic ring is 1. The number of aromatic nitrogens is 3. The van der Waals surface area contributed by atoms with E-state index < -0.39 is 0 Å². The molecule has 0 aliphatic carbocycles. The van der Waals surface area contributed by atoms with E-state index in [2.05, 4.69) is 9.97 Å². The van der Waals surface area contributed by atoms with Crippen molar-refractivity contribution in [3.05, 3.63) is 43.1 Å². The van der Waals surface area contributed by atoms with Crippen molar-refractivity contribution < 1.29 is 4.74 Å². The molecule has 2 N–H and O–H groups in total. The zero-order valence-corrected chi connectivity index (χ0v) is 12.2. The van der Waals surface area contributed by atoms with Gasteiger partial charge in [0.05, 0.1) is 17.6 Å². The summed E-state index contributed by atoms with van der Waals surface area (Å²) in [6.07, 6.45) is 1.97. The molecule has 0 bridgehead atoms. The average molecular weight is 282 g/mol. The van der Waals surface area contributed by atoms with Crippen molar-refractivity contribution in [2.75, 3.05) is 12.3 Å². The van der Waals surface area contributed by atoms with Crippen LogP contribution in [0.25, 0.3) is 21.9 Å². The molecule has 0 atom stereocenters. The Bertz CT molecular complexity index is 779. The van der Waals surface area contributed by atoms with Crippen LogP contribution in [0.5, 0.6) is 0 Å². The SMILES string of the molecule is C[CH][CH]n1c(COCC)nc2c(N)nc3ccccc3c21. The number of imidazole rings is 1. The molecule has 0 unspecified atom stereocenters. The number of nitrogens with two attached hydrogens (primary N) is 1. The van der Waals surface area contributed by atoms with E-state index in [9.17, 15) is 0 Å². The maximum atomic E-state index is 6.08. The molecule has 3 rings (SSSR count). The van der Waals surface area contributed by atoms with Crippen LogP contribution in [-0.2, 0) is 11.3 Å². The third-order valence-electron chi connectivity index (χ3n) is 3.36. The number of fused-ring (bicyclic) bond motifs is 3. The Hall–Kier alpha value is -2.14. The number of pyridine rings is 1. The maximum Gasteiger partial charge on any atom is 0.152 e. The van der Waals surface area contributed by atoms with E-state index >= 15 is 0 Å². The van der Waals surface area contributed by atoms with E-state index in [4.69, 9.17) is 10.5 Å². The number of hydrogen-bond donors (Lipinski definition) is 1. The number of rotatable bonds is 5. The van der Waals surface area contributed by atoms with Crippen molar-refractivity contribution >= 4 is 27.8 Å². The number of ether oxygens (including phenoxy) is 1. The summed E-state index contributed by atoms with van der Waals surface area (Å²) in [6.45, 7) is 7.02. The Labute approximate surface area is 123 Å². The van der Waals surface area contributed by atoms with Crippen LogP contribution in [0.4, 0.5) is 5.82 Å². The lowest BCUT2D eigenvalue weighted by Crippen LogP contribution is -2.04. The standard InChI is InChI=1S/C16H18N4O/c1-3-9-20-13(10-21-4-2)19-14-15(20)11-7-5-6-8-12(11)18-16(14)17/h3,5-9H,4,10H2,1-2H3,(H2,17,18). The summed E-state index contributed by atoms with van der Waals surface area (Å²) < 4.78 is 7.54. The lowest BCUT2D eigenvalue weighted by Gasteiger charge is -2.08. The molecule has 0 saturated carbocycles. The summed E-state index contributed by atoms with van der Waals surface area (Å²) in [5, 5.41) is 1.04. The highest BCUT2D eigenvalue weighted by molar-refractivity contribution is 6.06. The van der Waals surface area contributed by atoms with Crippen LogP contribution < -0.4 is 5.73 Å². The number of para-hydroxylation sites is 1. The van der Waals surface area contributed by atoms with Gasteiger partial charge in [-0.05, 0) is 19.4 Å². The largest absolute Gasteiger partial charge is 0.382 e. The average Bonchev–Trinajstić information content (AvgIpc) is 2.85. The van der Waals surface area contributed by atoms with Crippen molar-refractivity contribution in [3.8, 4) is 0 Å². The maximum absolute atomic E-state index is 6.08. The second kappa shape index (κ2) is 5.69. The number of anilines is 1. The molecule has 0 aliphatic rings. The van der Waals surface area contributed by atoms with Gasteiger partial charge in [0.2, 0.25) is 0 Å². The van der Waals surface area contributed by atoms with E-state index in [0.29, 0.717) is 19.0 Å². The number of nitrogens with zero attached hydrogens (tertiary/aromatic N) is 3. The zero-order valence-electron chi connectivity index (χ0n) is 12.2. The fourth-order valence-corrected chi connectivity index (χ4v) is 2.47. The quantitative estimate of drug-likeness (QED) is 0.781. The van der Waals surface area contributed by atoms with E-state index in [1.165, 1.54) is 0 Å². The highest BCUT2D eigenvalue weighted by Gasteiger charge is 2.16. The van der Waals surface area contributed by atoms with Gasteiger partial charge in [-0.15, -0.1) is 0 Å². The first-order valence-corrected chi connectivity index (χ1v) is 7.01. The molecule has 2 aromatic heterocycles. The van der Waals surface area contributed by atoms with Crippen LogP contribution in [0.3, 0.4) is 0 Å². The number of benzene rings is 1. The second-order valence-corrected chi connectivity index (χ2v) is 4.73. The molecule has 3 aromatic rings. The first-order chi connectivity index (χ1) is 10.3. The van der Waals surface area contributed by atoms with Gasteiger partial charge in [0.1, 0.15) is 17.9 Å². The minimum Gasteiger partial charge on any atom is -0.382 e. The Balaban J connectivity index is 2.32. The van der Waals surface area contributed by atoms with E-state index in [0.717, 1.165) is 27.8 Å². The topological polar surface area (TPSA) is 66.0 Å². The first kappa shape index (κ1) is 13.8. The molecule has 2 heterocycles. The molecule has 0 saturated heterocycles. The molecule has 5 nitrogen and oxygen atoms in total. The third kappa shape index (κ3) is 2.34. The van der Waals surface area contributed by atoms with Crippen LogP contribution in [0.1, 0.15) is 19.7 Å². The minimum absolute atomic E-state index is 0.448. The van der Waals surface area contributed by atoms with Gasteiger partial charge in [-0.3, -0.25) is 0 Å². The number of hydrogen-bond acceptors (Lipinski definition) is 4. The summed E-state index contributed by atoms with van der Waals surface area (Å²) in [4.78, 5) is 9.05. The molecule has 2 radical (unpaired) electrons. The molecule has 0 aliphatic heterocycles. The molecule has 21 heavy (non-hydrogen) atoms. The van der Waals surface area contributed by atoms with Crippen molar-refractivity contribution in [3.63, 3.8) is 0 Å². The molecular formula is C16H18N4O. The van der Waals surface area contributed by atoms with Gasteiger partial charge in [-0.25, -0.2) is 9.97 Å². The van der Waals surface area contributed by atoms with Crippen LogP contribution >= 0.6 is 0 Å². The molecule has 0 fully saturated rings. The van der Waals surface area contributed by atoms with Crippen LogP contribution in [0, 0.1) is 13.0 Å². The van der Waals surface area contributed by atoms with Gasteiger partial charge in [-0.2, -0.15) is 0 Å². The highest BCUT2D eigenvalue weighted by Crippen LogP contribution is 2.29. The summed E-state index contributed by atoms with van der Waals surface area (Å²) >= 11 is 0. The predicted molar refractivity (Wildman–Crippen MR) is 84.4 cm³/mol. The van der Waals surface area contributed by atoms with Gasteiger partial charge in [0, 0.05) is 12.0 Å². The van der Waals surface area contributed by atoms with Crippen molar-refractivity contribution in [2.24, 2.45) is 0 Å². The second-order valence-electron chi connectivity index (χ2n) is 4.73. The molecular weight excluding hydrogens is 264 g/mol. The van der Waals surface area contributed by atoms with Gasteiger partial charge in [-0.1, -0.05) is 25.1 Å². The summed E-state index contributed by atoms with van der Waals surface area (Å²) in [5.74, 6) is 1.28. The third-order valence-corrected chi connectivity index (χ3v) is 3.36. The van der Waals surface area contributed by atoms with Crippen molar-refractivity contribution in [1.82, 2.24) is 14.5 Å². The van der Waals surface area contributed by atoms with E-state index in [1.54, 1.807) is 0 Å². The van der Waals surface area contributed by atoms with E-state index in [-0.39, 0.29) is 0 Å². The summed E-state index contributed by atoms with van der Waals surface area (Å²) in [7, 11) is 0. The Morgan fingerprint density at radius 3 is 2.86 bits per heavy atom. The normalized spacial score (nSPS) is 11.5. The lowest BCUT2D eigenvalue weighted by molar-refractivity contribution is 0.127. The zero-order chi connectivity index (χ0) is 14.8. The molecule has 108 valence electrons. The predicted octanol–water partition coefficient (Wildman–Crippen LogP) is 2.94. The van der Waals surface area contributed by atoms with Crippen molar-refractivity contribution in [2.45, 2.75) is 20.5 Å². The Kier molecular flexibility index (Phi) is 3.75. The van der Waals surface area contributed by atoms with Gasteiger partial charge in [0.25, 0.3) is 0 Å². The highest BCUT2D eigenvalue weighted by atomic mass is 16.5. The smallest absolute Gasteiger partial charge is 0.152 e. The van der Waals surface area contributed by atoms with Gasteiger partial charge >= 0.3 is 0 Å².